The predicted molar refractivity (Wildman–Crippen MR) is 78.3 cm³/mol. The van der Waals surface area contributed by atoms with E-state index in [1.165, 1.54) is 25.0 Å². The lowest BCUT2D eigenvalue weighted by molar-refractivity contribution is -0.145. The number of aliphatic carboxylic acids is 1. The third-order valence-electron chi connectivity index (χ3n) is 3.98. The Balaban J connectivity index is 2.30. The van der Waals surface area contributed by atoms with E-state index in [9.17, 15) is 14.0 Å². The van der Waals surface area contributed by atoms with Crippen LogP contribution in [0.3, 0.4) is 0 Å². The van der Waals surface area contributed by atoms with E-state index >= 15 is 0 Å². The van der Waals surface area contributed by atoms with Crippen LogP contribution in [0, 0.1) is 11.7 Å². The lowest BCUT2D eigenvalue weighted by Gasteiger charge is -2.23. The molecule has 1 unspecified atom stereocenters. The largest absolute Gasteiger partial charge is 0.494 e. The van der Waals surface area contributed by atoms with Gasteiger partial charge in [-0.15, -0.1) is 0 Å². The van der Waals surface area contributed by atoms with Crippen molar-refractivity contribution < 1.29 is 23.8 Å². The molecule has 1 aromatic carbocycles. The average Bonchev–Trinajstić information content (AvgIpc) is 2.81. The van der Waals surface area contributed by atoms with E-state index < -0.39 is 23.7 Å². The van der Waals surface area contributed by atoms with Crippen molar-refractivity contribution in [2.24, 2.45) is 5.92 Å². The van der Waals surface area contributed by atoms with E-state index in [1.807, 2.05) is 0 Å². The quantitative estimate of drug-likeness (QED) is 0.922. The molecule has 1 aliphatic heterocycles. The zero-order chi connectivity index (χ0) is 16.6. The van der Waals surface area contributed by atoms with Gasteiger partial charge in [-0.1, -0.05) is 18.5 Å². The Kier molecular flexibility index (Phi) is 4.60. The van der Waals surface area contributed by atoms with Crippen LogP contribution in [0.25, 0.3) is 0 Å². The van der Waals surface area contributed by atoms with Gasteiger partial charge in [0.25, 0.3) is 0 Å². The van der Waals surface area contributed by atoms with Gasteiger partial charge in [0.2, 0.25) is 5.91 Å². The number of rotatable bonds is 4. The summed E-state index contributed by atoms with van der Waals surface area (Å²) >= 11 is 6.17. The number of carbonyl (C=O) groups excluding carboxylic acids is 1. The van der Waals surface area contributed by atoms with Crippen molar-refractivity contribution in [2.45, 2.75) is 32.9 Å². The Morgan fingerprint density at radius 3 is 2.77 bits per heavy atom. The minimum atomic E-state index is -1.04. The fourth-order valence-corrected chi connectivity index (χ4v) is 3.03. The zero-order valence-corrected chi connectivity index (χ0v) is 13.3. The average molecular weight is 330 g/mol. The number of hydrogen-bond acceptors (Lipinski definition) is 3. The van der Waals surface area contributed by atoms with E-state index in [0.29, 0.717) is 16.1 Å². The molecule has 0 aliphatic carbocycles. The molecule has 22 heavy (non-hydrogen) atoms. The van der Waals surface area contributed by atoms with Crippen LogP contribution in [0.2, 0.25) is 5.02 Å². The first-order valence-corrected chi connectivity index (χ1v) is 7.22. The number of halogens is 2. The molecule has 120 valence electrons. The highest BCUT2D eigenvalue weighted by Gasteiger charge is 2.36. The van der Waals surface area contributed by atoms with Gasteiger partial charge in [-0.05, 0) is 6.92 Å². The van der Waals surface area contributed by atoms with Gasteiger partial charge in [0, 0.05) is 30.2 Å². The molecule has 1 amide bonds. The van der Waals surface area contributed by atoms with Crippen molar-refractivity contribution in [3.8, 4) is 5.75 Å². The number of amides is 1. The van der Waals surface area contributed by atoms with Crippen LogP contribution in [0.4, 0.5) is 4.39 Å². The second-order valence-corrected chi connectivity index (χ2v) is 5.82. The van der Waals surface area contributed by atoms with Gasteiger partial charge >= 0.3 is 5.97 Å². The molecular weight excluding hydrogens is 313 g/mol. The van der Waals surface area contributed by atoms with Crippen molar-refractivity contribution >= 4 is 23.5 Å². The summed E-state index contributed by atoms with van der Waals surface area (Å²) < 4.78 is 19.3. The van der Waals surface area contributed by atoms with Crippen LogP contribution in [0.5, 0.6) is 5.75 Å². The molecule has 1 heterocycles. The number of carboxylic acid groups (broad SMARTS) is 1. The number of nitrogens with zero attached hydrogens (tertiary/aromatic N) is 1. The molecule has 0 spiro atoms. The third kappa shape index (κ3) is 2.75. The second kappa shape index (κ2) is 6.12. The Morgan fingerprint density at radius 2 is 2.23 bits per heavy atom. The first-order valence-electron chi connectivity index (χ1n) is 6.84. The van der Waals surface area contributed by atoms with Gasteiger partial charge in [0.1, 0.15) is 0 Å². The molecule has 2 rings (SSSR count). The topological polar surface area (TPSA) is 66.8 Å². The summed E-state index contributed by atoms with van der Waals surface area (Å²) in [5.74, 6) is -2.67. The molecule has 5 nitrogen and oxygen atoms in total. The normalized spacial score (nSPS) is 18.0. The highest BCUT2D eigenvalue weighted by atomic mass is 35.5. The van der Waals surface area contributed by atoms with Gasteiger partial charge in [-0.3, -0.25) is 9.59 Å². The summed E-state index contributed by atoms with van der Waals surface area (Å²) in [7, 11) is 1.34. The van der Waals surface area contributed by atoms with Crippen LogP contribution in [-0.4, -0.2) is 29.0 Å². The Bertz CT molecular complexity index is 634. The lowest BCUT2D eigenvalue weighted by atomic mass is 10.0. The van der Waals surface area contributed by atoms with Crippen LogP contribution < -0.4 is 4.74 Å². The minimum absolute atomic E-state index is 0.0316. The first kappa shape index (κ1) is 16.5. The second-order valence-electron chi connectivity index (χ2n) is 5.41. The van der Waals surface area contributed by atoms with Crippen molar-refractivity contribution in [3.63, 3.8) is 0 Å². The molecule has 0 saturated heterocycles. The number of hydrogen-bond donors (Lipinski definition) is 1. The lowest BCUT2D eigenvalue weighted by Crippen LogP contribution is -2.30. The van der Waals surface area contributed by atoms with Gasteiger partial charge in [-0.25, -0.2) is 4.39 Å². The van der Waals surface area contributed by atoms with Crippen LogP contribution in [0.1, 0.15) is 37.4 Å². The summed E-state index contributed by atoms with van der Waals surface area (Å²) in [6, 6.07) is 0.983. The van der Waals surface area contributed by atoms with Gasteiger partial charge in [0.05, 0.1) is 24.1 Å². The van der Waals surface area contributed by atoms with Crippen LogP contribution in [-0.2, 0) is 16.1 Å². The maximum Gasteiger partial charge on any atom is 0.306 e. The SMILES string of the molecule is COc1cc(Cl)c2c(c1F)CN(C(=O)C[C@H](C)C(=O)O)C2C. The van der Waals surface area contributed by atoms with E-state index in [-0.39, 0.29) is 24.6 Å². The number of methoxy groups -OCH3 is 1. The Hall–Kier alpha value is -1.82. The minimum Gasteiger partial charge on any atom is -0.494 e. The molecule has 0 bridgehead atoms. The summed E-state index contributed by atoms with van der Waals surface area (Å²) in [6.45, 7) is 3.27. The Labute approximate surface area is 132 Å². The first-order chi connectivity index (χ1) is 10.3. The molecule has 1 aromatic rings. The zero-order valence-electron chi connectivity index (χ0n) is 12.5. The predicted octanol–water partition coefficient (Wildman–Crippen LogP) is 3.00. The molecular formula is C15H17ClFNO4. The summed E-state index contributed by atoms with van der Waals surface area (Å²) in [4.78, 5) is 24.6. The number of carboxylic acids is 1. The molecule has 0 aromatic heterocycles. The molecule has 0 fully saturated rings. The fourth-order valence-electron chi connectivity index (χ4n) is 2.66. The molecule has 1 N–H and O–H groups in total. The van der Waals surface area contributed by atoms with E-state index in [4.69, 9.17) is 21.4 Å². The third-order valence-corrected chi connectivity index (χ3v) is 4.29. The maximum absolute atomic E-state index is 14.3. The van der Waals surface area contributed by atoms with E-state index in [1.54, 1.807) is 6.92 Å². The number of ether oxygens (including phenoxy) is 1. The van der Waals surface area contributed by atoms with Crippen LogP contribution >= 0.6 is 11.6 Å². The van der Waals surface area contributed by atoms with Crippen molar-refractivity contribution in [1.82, 2.24) is 4.90 Å². The van der Waals surface area contributed by atoms with Crippen molar-refractivity contribution in [1.29, 1.82) is 0 Å². The number of carbonyl (C=O) groups is 2. The Morgan fingerprint density at radius 1 is 1.59 bits per heavy atom. The monoisotopic (exact) mass is 329 g/mol. The highest BCUT2D eigenvalue weighted by Crippen LogP contribution is 2.42. The number of benzene rings is 1. The van der Waals surface area contributed by atoms with E-state index in [0.717, 1.165) is 0 Å². The van der Waals surface area contributed by atoms with Crippen LogP contribution in [0.15, 0.2) is 6.07 Å². The molecule has 1 aliphatic rings. The van der Waals surface area contributed by atoms with Gasteiger partial charge < -0.3 is 14.7 Å². The van der Waals surface area contributed by atoms with Crippen molar-refractivity contribution in [3.05, 3.63) is 28.0 Å². The molecule has 0 saturated carbocycles. The summed E-state index contributed by atoms with van der Waals surface area (Å²) in [6.07, 6.45) is -0.135. The standard InChI is InChI=1S/C15H17ClFNO4/c1-7(15(20)21)4-12(19)18-6-9-13(8(18)2)10(16)5-11(22-3)14(9)17/h5,7-8H,4,6H2,1-3H3,(H,20,21)/t7-,8?/m0/s1. The molecule has 0 radical (unpaired) electrons. The van der Waals surface area contributed by atoms with E-state index in [2.05, 4.69) is 0 Å². The smallest absolute Gasteiger partial charge is 0.306 e. The fraction of sp³-hybridized carbons (Fsp3) is 0.467. The summed E-state index contributed by atoms with van der Waals surface area (Å²) in [5, 5.41) is 9.24. The van der Waals surface area contributed by atoms with Crippen molar-refractivity contribution in [2.75, 3.05) is 7.11 Å². The maximum atomic E-state index is 14.3. The molecule has 2 atom stereocenters. The van der Waals surface area contributed by atoms with Gasteiger partial charge in [-0.2, -0.15) is 0 Å². The number of fused-ring (bicyclic) bond motifs is 1. The molecule has 7 heteroatoms. The highest BCUT2D eigenvalue weighted by molar-refractivity contribution is 6.31. The van der Waals surface area contributed by atoms with Gasteiger partial charge in [0.15, 0.2) is 11.6 Å². The summed E-state index contributed by atoms with van der Waals surface area (Å²) in [5.41, 5.74) is 0.879.